The minimum atomic E-state index is -1.53. The molecule has 18 heteroatoms. The van der Waals surface area contributed by atoms with Gasteiger partial charge in [0.05, 0.1) is 39.3 Å². The van der Waals surface area contributed by atoms with Gasteiger partial charge in [0.25, 0.3) is 0 Å². The number of hydrogen-bond acceptors (Lipinski definition) is 10. The Morgan fingerprint density at radius 1 is 0.750 bits per heavy atom. The van der Waals surface area contributed by atoms with Crippen molar-refractivity contribution in [1.29, 1.82) is 0 Å². The number of aliphatic carboxylic acids is 1. The second kappa shape index (κ2) is 17.4. The number of amides is 7. The van der Waals surface area contributed by atoms with Crippen molar-refractivity contribution in [2.24, 2.45) is 17.2 Å². The number of nitrogens with one attached hydrogen (secondary N) is 4. The van der Waals surface area contributed by atoms with Crippen LogP contribution in [0.15, 0.2) is 0 Å². The number of carboxylic acids is 1. The van der Waals surface area contributed by atoms with Gasteiger partial charge in [0.15, 0.2) is 0 Å². The van der Waals surface area contributed by atoms with Gasteiger partial charge in [-0.05, 0) is 0 Å². The van der Waals surface area contributed by atoms with E-state index in [1.165, 1.54) is 0 Å². The van der Waals surface area contributed by atoms with Crippen LogP contribution in [0.1, 0.15) is 12.8 Å². The topological polar surface area (TPSA) is 305 Å². The quantitative estimate of drug-likeness (QED) is 0.0720. The van der Waals surface area contributed by atoms with E-state index in [9.17, 15) is 33.6 Å². The molecule has 0 spiro atoms. The molecule has 0 aliphatic carbocycles. The van der Waals surface area contributed by atoms with Crippen molar-refractivity contribution in [1.82, 2.24) is 21.3 Å². The number of hydrogen-bond donors (Lipinski definition) is 9. The highest BCUT2D eigenvalue weighted by Gasteiger charge is 2.26. The Balaban J connectivity index is 4.36. The van der Waals surface area contributed by atoms with Crippen molar-refractivity contribution < 1.29 is 53.2 Å². The van der Waals surface area contributed by atoms with E-state index < -0.39 is 85.7 Å². The van der Waals surface area contributed by atoms with E-state index in [4.69, 9.17) is 36.9 Å². The smallest absolute Gasteiger partial charge is 0.316 e. The SMILES string of the molecule is NC(=O)C[C@@H](NC(=O)N[C@@H](CC(=O)O)C(=O)NCCOCCOCC(=O)N[C@@H](CO)C(N)=O)C(N)=O. The van der Waals surface area contributed by atoms with E-state index in [2.05, 4.69) is 16.0 Å². The number of nitrogens with two attached hydrogens (primary N) is 3. The van der Waals surface area contributed by atoms with Crippen LogP contribution in [0.2, 0.25) is 0 Å². The normalized spacial score (nSPS) is 12.9. The second-order valence-electron chi connectivity index (χ2n) is 7.05. The average molecular weight is 521 g/mol. The summed E-state index contributed by atoms with van der Waals surface area (Å²) < 4.78 is 10.2. The van der Waals surface area contributed by atoms with Crippen molar-refractivity contribution >= 4 is 41.5 Å². The van der Waals surface area contributed by atoms with Crippen LogP contribution in [0.25, 0.3) is 0 Å². The predicted octanol–water partition coefficient (Wildman–Crippen LogP) is -6.03. The monoisotopic (exact) mass is 521 g/mol. The third kappa shape index (κ3) is 15.0. The van der Waals surface area contributed by atoms with Gasteiger partial charge in [-0.1, -0.05) is 0 Å². The Labute approximate surface area is 204 Å². The van der Waals surface area contributed by atoms with Gasteiger partial charge in [-0.25, -0.2) is 4.79 Å². The molecule has 0 aliphatic rings. The molecule has 3 atom stereocenters. The molecule has 0 aromatic heterocycles. The molecule has 0 aliphatic heterocycles. The zero-order valence-corrected chi connectivity index (χ0v) is 19.2. The summed E-state index contributed by atoms with van der Waals surface area (Å²) in [5, 5.41) is 26.4. The van der Waals surface area contributed by atoms with E-state index in [0.29, 0.717) is 0 Å². The Hall–Kier alpha value is -4.03. The number of primary amides is 3. The molecule has 0 radical (unpaired) electrons. The molecule has 36 heavy (non-hydrogen) atoms. The number of urea groups is 1. The average Bonchev–Trinajstić information content (AvgIpc) is 2.77. The zero-order valence-electron chi connectivity index (χ0n) is 19.2. The standard InChI is InChI=1S/C18H31N7O11/c19-12(27)5-9(15(20)31)24-18(34)25-10(6-14(29)30)17(33)22-1-2-35-3-4-36-8-13(28)23-11(7-26)16(21)32/h9-11,26H,1-8H2,(H2,19,27)(H2,20,31)(H2,21,32)(H,22,33)(H,23,28)(H,29,30)(H2,24,25,34)/t9-,10+,11+/m1/s1. The largest absolute Gasteiger partial charge is 0.481 e. The molecule has 0 rings (SSSR count). The lowest BCUT2D eigenvalue weighted by molar-refractivity contribution is -0.139. The fraction of sp³-hybridized carbons (Fsp3) is 0.611. The first-order chi connectivity index (χ1) is 16.9. The summed E-state index contributed by atoms with van der Waals surface area (Å²) in [4.78, 5) is 79.9. The third-order valence-electron chi connectivity index (χ3n) is 4.07. The molecule has 18 nitrogen and oxygen atoms in total. The molecular formula is C18H31N7O11. The number of aliphatic hydroxyl groups is 1. The van der Waals surface area contributed by atoms with Crippen LogP contribution in [0.4, 0.5) is 4.79 Å². The summed E-state index contributed by atoms with van der Waals surface area (Å²) in [6.45, 7) is -1.23. The van der Waals surface area contributed by atoms with Crippen LogP contribution in [-0.2, 0) is 38.2 Å². The van der Waals surface area contributed by atoms with Crippen molar-refractivity contribution in [3.8, 4) is 0 Å². The van der Waals surface area contributed by atoms with Gasteiger partial charge in [0.2, 0.25) is 29.5 Å². The first kappa shape index (κ1) is 32.0. The van der Waals surface area contributed by atoms with E-state index in [1.54, 1.807) is 0 Å². The molecule has 0 bridgehead atoms. The van der Waals surface area contributed by atoms with Crippen molar-refractivity contribution in [2.75, 3.05) is 39.6 Å². The van der Waals surface area contributed by atoms with Gasteiger partial charge in [0.1, 0.15) is 24.7 Å². The van der Waals surface area contributed by atoms with E-state index in [-0.39, 0.29) is 26.4 Å². The predicted molar refractivity (Wildman–Crippen MR) is 117 cm³/mol. The van der Waals surface area contributed by atoms with Crippen molar-refractivity contribution in [3.63, 3.8) is 0 Å². The molecule has 0 unspecified atom stereocenters. The fourth-order valence-corrected chi connectivity index (χ4v) is 2.36. The van der Waals surface area contributed by atoms with Crippen molar-refractivity contribution in [3.05, 3.63) is 0 Å². The van der Waals surface area contributed by atoms with Crippen molar-refractivity contribution in [2.45, 2.75) is 31.0 Å². The molecule has 0 heterocycles. The Kier molecular flexibility index (Phi) is 15.5. The molecule has 0 aromatic rings. The highest BCUT2D eigenvalue weighted by Crippen LogP contribution is 1.96. The van der Waals surface area contributed by atoms with Crippen LogP contribution in [0.3, 0.4) is 0 Å². The van der Waals surface area contributed by atoms with Crippen LogP contribution >= 0.6 is 0 Å². The van der Waals surface area contributed by atoms with E-state index >= 15 is 0 Å². The fourth-order valence-electron chi connectivity index (χ4n) is 2.36. The summed E-state index contributed by atoms with van der Waals surface area (Å²) in [6, 6.07) is -5.35. The maximum absolute atomic E-state index is 12.2. The number of ether oxygens (including phenoxy) is 2. The van der Waals surface area contributed by atoms with Crippen LogP contribution in [0.5, 0.6) is 0 Å². The molecular weight excluding hydrogens is 490 g/mol. The highest BCUT2D eigenvalue weighted by molar-refractivity contribution is 5.93. The van der Waals surface area contributed by atoms with Gasteiger partial charge in [-0.15, -0.1) is 0 Å². The second-order valence-corrected chi connectivity index (χ2v) is 7.05. The number of carboxylic acid groups (broad SMARTS) is 1. The summed E-state index contributed by atoms with van der Waals surface area (Å²) in [5.41, 5.74) is 15.0. The van der Waals surface area contributed by atoms with Gasteiger partial charge in [0, 0.05) is 6.54 Å². The minimum absolute atomic E-state index is 0.00990. The van der Waals surface area contributed by atoms with Crippen LogP contribution in [-0.4, -0.2) is 109 Å². The number of carbonyl (C=O) groups excluding carboxylic acids is 6. The number of rotatable bonds is 19. The highest BCUT2D eigenvalue weighted by atomic mass is 16.5. The lowest BCUT2D eigenvalue weighted by Gasteiger charge is -2.19. The van der Waals surface area contributed by atoms with E-state index in [1.807, 2.05) is 5.32 Å². The Bertz CT molecular complexity index is 808. The number of carbonyl (C=O) groups is 7. The van der Waals surface area contributed by atoms with Gasteiger partial charge < -0.3 is 58.2 Å². The number of aliphatic hydroxyl groups excluding tert-OH is 1. The molecule has 204 valence electrons. The molecule has 7 amide bonds. The molecule has 0 fully saturated rings. The summed E-state index contributed by atoms with van der Waals surface area (Å²) >= 11 is 0. The third-order valence-corrected chi connectivity index (χ3v) is 4.07. The lowest BCUT2D eigenvalue weighted by atomic mass is 10.2. The summed E-state index contributed by atoms with van der Waals surface area (Å²) in [5.74, 6) is -5.86. The van der Waals surface area contributed by atoms with Gasteiger partial charge in [-0.3, -0.25) is 28.8 Å². The first-order valence-electron chi connectivity index (χ1n) is 10.4. The molecule has 0 saturated carbocycles. The first-order valence-corrected chi connectivity index (χ1v) is 10.4. The lowest BCUT2D eigenvalue weighted by Crippen LogP contribution is -2.55. The minimum Gasteiger partial charge on any atom is -0.481 e. The zero-order chi connectivity index (χ0) is 27.7. The maximum Gasteiger partial charge on any atom is 0.316 e. The van der Waals surface area contributed by atoms with Crippen LogP contribution in [0, 0.1) is 0 Å². The summed E-state index contributed by atoms with van der Waals surface area (Å²) in [6.07, 6.45) is -1.39. The van der Waals surface area contributed by atoms with Gasteiger partial charge in [-0.2, -0.15) is 0 Å². The summed E-state index contributed by atoms with van der Waals surface area (Å²) in [7, 11) is 0. The molecule has 0 aromatic carbocycles. The van der Waals surface area contributed by atoms with Gasteiger partial charge >= 0.3 is 12.0 Å². The van der Waals surface area contributed by atoms with E-state index in [0.717, 1.165) is 0 Å². The Morgan fingerprint density at radius 3 is 1.86 bits per heavy atom. The molecule has 12 N–H and O–H groups in total. The Morgan fingerprint density at radius 2 is 1.33 bits per heavy atom. The maximum atomic E-state index is 12.2. The van der Waals surface area contributed by atoms with Crippen LogP contribution < -0.4 is 38.5 Å². The molecule has 0 saturated heterocycles.